The van der Waals surface area contributed by atoms with Gasteiger partial charge < -0.3 is 0 Å². The Bertz CT molecular complexity index is 251. The van der Waals surface area contributed by atoms with Crippen LogP contribution >= 0.6 is 7.91 Å². The molecule has 0 bridgehead atoms. The first-order valence-corrected chi connectivity index (χ1v) is 4.26. The predicted molar refractivity (Wildman–Crippen MR) is 28.5 cm³/mol. The van der Waals surface area contributed by atoms with Gasteiger partial charge in [-0.3, -0.25) is 0 Å². The van der Waals surface area contributed by atoms with Crippen LogP contribution in [0.3, 0.4) is 0 Å². The molecule has 9 heavy (non-hydrogen) atoms. The van der Waals surface area contributed by atoms with Crippen molar-refractivity contribution in [3.63, 3.8) is 0 Å². The van der Waals surface area contributed by atoms with Gasteiger partial charge in [-0.1, -0.05) is 6.58 Å². The molecule has 52 valence electrons. The lowest BCUT2D eigenvalue weighted by molar-refractivity contribution is 0.433. The predicted octanol–water partition coefficient (Wildman–Crippen LogP) is 0.564. The Morgan fingerprint density at radius 3 is 2.00 bits per heavy atom. The summed E-state index contributed by atoms with van der Waals surface area (Å²) in [7, 11) is -7.40. The molecule has 0 N–H and O–H groups in total. The zero-order valence-electron chi connectivity index (χ0n) is 4.18. The molecule has 0 saturated carbocycles. The summed E-state index contributed by atoms with van der Waals surface area (Å²) in [6, 6.07) is 0. The van der Waals surface area contributed by atoms with Crippen LogP contribution in [0.25, 0.3) is 0 Å². The van der Waals surface area contributed by atoms with Crippen LogP contribution in [0.1, 0.15) is 0 Å². The topological polar surface area (TPSA) is 77.5 Å². The highest BCUT2D eigenvalue weighted by Crippen LogP contribution is 2.11. The third-order valence-corrected chi connectivity index (χ3v) is 2.10. The van der Waals surface area contributed by atoms with Gasteiger partial charge in [0.05, 0.1) is 5.41 Å². The van der Waals surface area contributed by atoms with Crippen molar-refractivity contribution in [2.24, 2.45) is 0 Å². The van der Waals surface area contributed by atoms with E-state index in [1.54, 1.807) is 0 Å². The molecule has 0 atom stereocenters. The average molecular weight is 170 g/mol. The minimum atomic E-state index is -4.05. The second-order valence-electron chi connectivity index (χ2n) is 0.958. The van der Waals surface area contributed by atoms with Gasteiger partial charge in [-0.2, -0.15) is 8.42 Å². The van der Waals surface area contributed by atoms with Crippen LogP contribution in [0.5, 0.6) is 0 Å². The Hall–Kier alpha value is -0.450. The fourth-order valence-electron chi connectivity index (χ4n) is 0.115. The maximum atomic E-state index is 10.1. The molecule has 0 rings (SSSR count). The Kier molecular flexibility index (Phi) is 2.76. The summed E-state index contributed by atoms with van der Waals surface area (Å²) in [4.78, 5) is 0. The molecule has 0 aromatic carbocycles. The average Bonchev–Trinajstić information content (AvgIpc) is 1.63. The molecule has 0 amide bonds. The molecule has 5 nitrogen and oxygen atoms in total. The van der Waals surface area contributed by atoms with Crippen molar-refractivity contribution < 1.29 is 21.5 Å². The summed E-state index contributed by atoms with van der Waals surface area (Å²) in [6.45, 7) is 2.81. The van der Waals surface area contributed by atoms with Crippen molar-refractivity contribution in [2.45, 2.75) is 0 Å². The molecule has 0 aromatic heterocycles. The highest BCUT2D eigenvalue weighted by molar-refractivity contribution is 7.92. The first-order valence-electron chi connectivity index (χ1n) is 1.69. The molecule has 0 spiro atoms. The molecule has 0 heterocycles. The van der Waals surface area contributed by atoms with Crippen molar-refractivity contribution in [1.29, 1.82) is 0 Å². The maximum absolute atomic E-state index is 10.1. The van der Waals surface area contributed by atoms with Gasteiger partial charge in [0.15, 0.2) is 0 Å². The van der Waals surface area contributed by atoms with E-state index in [1.807, 2.05) is 0 Å². The minimum Gasteiger partial charge on any atom is -0.202 e. The quantitative estimate of drug-likeness (QED) is 0.578. The van der Waals surface area contributed by atoms with E-state index in [0.717, 1.165) is 0 Å². The van der Waals surface area contributed by atoms with Crippen LogP contribution in [0, 0.1) is 0 Å². The van der Waals surface area contributed by atoms with E-state index in [9.17, 15) is 17.5 Å². The summed E-state index contributed by atoms with van der Waals surface area (Å²) >= 11 is 0. The molecular weight excluding hydrogens is 167 g/mol. The second kappa shape index (κ2) is 2.91. The SMILES string of the molecule is C=CS(=O)(=O)OP(=O)=O. The molecule has 0 aliphatic heterocycles. The Morgan fingerprint density at radius 2 is 1.89 bits per heavy atom. The van der Waals surface area contributed by atoms with E-state index in [4.69, 9.17) is 0 Å². The monoisotopic (exact) mass is 170 g/mol. The van der Waals surface area contributed by atoms with E-state index in [2.05, 4.69) is 10.5 Å². The van der Waals surface area contributed by atoms with E-state index in [0.29, 0.717) is 5.41 Å². The van der Waals surface area contributed by atoms with Crippen LogP contribution in [-0.2, 0) is 23.2 Å². The second-order valence-corrected chi connectivity index (χ2v) is 3.32. The van der Waals surface area contributed by atoms with Crippen LogP contribution in [0.15, 0.2) is 12.0 Å². The summed E-state index contributed by atoms with van der Waals surface area (Å²) in [5.74, 6) is 0. The Balaban J connectivity index is 4.41. The third kappa shape index (κ3) is 4.08. The van der Waals surface area contributed by atoms with Crippen LogP contribution in [0.4, 0.5) is 0 Å². The normalized spacial score (nSPS) is 10.7. The van der Waals surface area contributed by atoms with Gasteiger partial charge in [0.2, 0.25) is 0 Å². The van der Waals surface area contributed by atoms with E-state index >= 15 is 0 Å². The van der Waals surface area contributed by atoms with Crippen LogP contribution in [-0.4, -0.2) is 8.42 Å². The molecule has 0 radical (unpaired) electrons. The zero-order chi connectivity index (χ0) is 7.49. The molecule has 0 fully saturated rings. The third-order valence-electron chi connectivity index (χ3n) is 0.369. The van der Waals surface area contributed by atoms with Crippen molar-refractivity contribution in [3.05, 3.63) is 12.0 Å². The molecule has 7 heteroatoms. The largest absolute Gasteiger partial charge is 0.483 e. The number of hydrogen-bond acceptors (Lipinski definition) is 5. The van der Waals surface area contributed by atoms with Gasteiger partial charge in [0.1, 0.15) is 0 Å². The van der Waals surface area contributed by atoms with Gasteiger partial charge in [0, 0.05) is 0 Å². The smallest absolute Gasteiger partial charge is 0.202 e. The van der Waals surface area contributed by atoms with Crippen LogP contribution in [0.2, 0.25) is 0 Å². The number of rotatable bonds is 3. The summed E-state index contributed by atoms with van der Waals surface area (Å²) in [5.41, 5.74) is 0. The highest BCUT2D eigenvalue weighted by atomic mass is 32.2. The van der Waals surface area contributed by atoms with Crippen molar-refractivity contribution in [3.8, 4) is 0 Å². The fourth-order valence-corrected chi connectivity index (χ4v) is 1.04. The molecule has 0 aromatic rings. The van der Waals surface area contributed by atoms with Gasteiger partial charge in [0.25, 0.3) is 0 Å². The van der Waals surface area contributed by atoms with Gasteiger partial charge in [-0.15, -0.1) is 3.97 Å². The van der Waals surface area contributed by atoms with E-state index in [1.165, 1.54) is 0 Å². The van der Waals surface area contributed by atoms with Gasteiger partial charge >= 0.3 is 18.0 Å². The lowest BCUT2D eigenvalue weighted by atomic mass is 11.3. The van der Waals surface area contributed by atoms with E-state index < -0.39 is 18.0 Å². The lowest BCUT2D eigenvalue weighted by Crippen LogP contribution is -1.91. The minimum absolute atomic E-state index is 0.401. The van der Waals surface area contributed by atoms with Crippen molar-refractivity contribution in [1.82, 2.24) is 0 Å². The maximum Gasteiger partial charge on any atom is 0.483 e. The molecule has 0 unspecified atom stereocenters. The lowest BCUT2D eigenvalue weighted by Gasteiger charge is -1.83. The Labute approximate surface area is 52.4 Å². The molecule has 0 saturated heterocycles. The first kappa shape index (κ1) is 8.55. The van der Waals surface area contributed by atoms with E-state index in [-0.39, 0.29) is 0 Å². The van der Waals surface area contributed by atoms with Crippen molar-refractivity contribution >= 4 is 18.0 Å². The first-order chi connectivity index (χ1) is 3.98. The van der Waals surface area contributed by atoms with Crippen LogP contribution < -0.4 is 0 Å². The summed E-state index contributed by atoms with van der Waals surface area (Å²) in [5, 5.41) is 0.401. The highest BCUT2D eigenvalue weighted by Gasteiger charge is 2.07. The van der Waals surface area contributed by atoms with Gasteiger partial charge in [-0.05, 0) is 0 Å². The molecule has 0 aliphatic carbocycles. The summed E-state index contributed by atoms with van der Waals surface area (Å²) < 4.78 is 42.7. The standard InChI is InChI=1S/C2H3O5PS/c1-2-9(5,6)7-8(3)4/h2H,1H2. The fraction of sp³-hybridized carbons (Fsp3) is 0. The Morgan fingerprint density at radius 1 is 1.44 bits per heavy atom. The van der Waals surface area contributed by atoms with Gasteiger partial charge in [-0.25, -0.2) is 9.13 Å². The summed E-state index contributed by atoms with van der Waals surface area (Å²) in [6.07, 6.45) is 0. The van der Waals surface area contributed by atoms with Crippen molar-refractivity contribution in [2.75, 3.05) is 0 Å². The zero-order valence-corrected chi connectivity index (χ0v) is 5.89. The molecule has 0 aliphatic rings. The number of hydrogen-bond donors (Lipinski definition) is 0. The molecular formula is C2H3O5PS.